The summed E-state index contributed by atoms with van der Waals surface area (Å²) in [6.45, 7) is 1.96. The van der Waals surface area contributed by atoms with Gasteiger partial charge in [0.2, 0.25) is 0 Å². The van der Waals surface area contributed by atoms with Crippen molar-refractivity contribution in [1.29, 1.82) is 0 Å². The van der Waals surface area contributed by atoms with Gasteiger partial charge in [0.05, 0.1) is 21.3 Å². The highest BCUT2D eigenvalue weighted by Gasteiger charge is 2.28. The van der Waals surface area contributed by atoms with Crippen LogP contribution in [0.5, 0.6) is 0 Å². The number of rotatable bonds is 2. The monoisotopic (exact) mass is 326 g/mol. The third-order valence-corrected chi connectivity index (χ3v) is 5.07. The first-order valence-electron chi connectivity index (χ1n) is 6.07. The van der Waals surface area contributed by atoms with Gasteiger partial charge in [0.1, 0.15) is 0 Å². The van der Waals surface area contributed by atoms with Crippen LogP contribution in [0.15, 0.2) is 22.7 Å². The van der Waals surface area contributed by atoms with Gasteiger partial charge in [-0.1, -0.05) is 15.9 Å². The van der Waals surface area contributed by atoms with Gasteiger partial charge in [0.25, 0.3) is 0 Å². The number of piperidine rings is 1. The molecule has 0 saturated carbocycles. The first-order chi connectivity index (χ1) is 8.78. The minimum Gasteiger partial charge on any atom is -0.379 e. The Kier molecular flexibility index (Phi) is 3.66. The normalized spacial score (nSPS) is 24.6. The second kappa shape index (κ2) is 5.25. The van der Waals surface area contributed by atoms with Gasteiger partial charge in [-0.15, -0.1) is 11.3 Å². The highest BCUT2D eigenvalue weighted by atomic mass is 79.9. The van der Waals surface area contributed by atoms with Crippen LogP contribution in [0.4, 0.5) is 0 Å². The van der Waals surface area contributed by atoms with Crippen molar-refractivity contribution in [2.75, 3.05) is 20.2 Å². The van der Waals surface area contributed by atoms with Crippen molar-refractivity contribution >= 4 is 37.5 Å². The largest absolute Gasteiger partial charge is 0.379 e. The Labute approximate surface area is 119 Å². The van der Waals surface area contributed by atoms with Crippen LogP contribution >= 0.6 is 27.3 Å². The zero-order valence-corrected chi connectivity index (χ0v) is 12.6. The number of nitrogens with zero attached hydrogens (tertiary/aromatic N) is 1. The highest BCUT2D eigenvalue weighted by Crippen LogP contribution is 2.34. The van der Waals surface area contributed by atoms with E-state index < -0.39 is 0 Å². The maximum atomic E-state index is 5.57. The summed E-state index contributed by atoms with van der Waals surface area (Å²) in [7, 11) is 1.79. The molecule has 2 unspecified atom stereocenters. The van der Waals surface area contributed by atoms with E-state index in [2.05, 4.69) is 39.4 Å². The molecule has 1 aromatic carbocycles. The van der Waals surface area contributed by atoms with E-state index in [-0.39, 0.29) is 6.10 Å². The van der Waals surface area contributed by atoms with Gasteiger partial charge < -0.3 is 10.1 Å². The lowest BCUT2D eigenvalue weighted by Gasteiger charge is -2.29. The molecule has 2 aromatic rings. The SMILES string of the molecule is COC1CNCCC1c1nc2cc(Br)ccc2s1. The lowest BCUT2D eigenvalue weighted by molar-refractivity contribution is 0.0625. The lowest BCUT2D eigenvalue weighted by Crippen LogP contribution is -2.40. The van der Waals surface area contributed by atoms with Crippen LogP contribution in [0.2, 0.25) is 0 Å². The van der Waals surface area contributed by atoms with Gasteiger partial charge in [0.15, 0.2) is 0 Å². The Hall–Kier alpha value is -0.490. The van der Waals surface area contributed by atoms with Crippen LogP contribution in [0.25, 0.3) is 10.2 Å². The molecule has 1 N–H and O–H groups in total. The molecule has 1 fully saturated rings. The van der Waals surface area contributed by atoms with Crippen molar-refractivity contribution in [2.45, 2.75) is 18.4 Å². The molecule has 96 valence electrons. The number of thiazole rings is 1. The summed E-state index contributed by atoms with van der Waals surface area (Å²) in [5.41, 5.74) is 1.08. The molecule has 1 aliphatic rings. The summed E-state index contributed by atoms with van der Waals surface area (Å²) in [6.07, 6.45) is 1.34. The van der Waals surface area contributed by atoms with Gasteiger partial charge in [-0.05, 0) is 31.2 Å². The molecule has 3 nitrogen and oxygen atoms in total. The van der Waals surface area contributed by atoms with E-state index in [1.807, 2.05) is 0 Å². The quantitative estimate of drug-likeness (QED) is 0.920. The number of hydrogen-bond acceptors (Lipinski definition) is 4. The van der Waals surface area contributed by atoms with Crippen molar-refractivity contribution in [3.05, 3.63) is 27.7 Å². The topological polar surface area (TPSA) is 34.1 Å². The molecule has 0 radical (unpaired) electrons. The molecule has 1 aromatic heterocycles. The summed E-state index contributed by atoms with van der Waals surface area (Å²) in [4.78, 5) is 4.78. The summed E-state index contributed by atoms with van der Waals surface area (Å²) in [6, 6.07) is 6.28. The van der Waals surface area contributed by atoms with E-state index in [9.17, 15) is 0 Å². The molecule has 0 spiro atoms. The Morgan fingerprint density at radius 1 is 1.50 bits per heavy atom. The third kappa shape index (κ3) is 2.32. The number of benzene rings is 1. The average Bonchev–Trinajstić information content (AvgIpc) is 2.81. The molecular weight excluding hydrogens is 312 g/mol. The number of methoxy groups -OCH3 is 1. The van der Waals surface area contributed by atoms with Crippen molar-refractivity contribution in [1.82, 2.24) is 10.3 Å². The predicted octanol–water partition coefficient (Wildman–Crippen LogP) is 3.15. The lowest BCUT2D eigenvalue weighted by atomic mass is 9.96. The Balaban J connectivity index is 1.97. The molecule has 0 aliphatic carbocycles. The zero-order chi connectivity index (χ0) is 12.5. The van der Waals surface area contributed by atoms with E-state index in [0.29, 0.717) is 5.92 Å². The maximum Gasteiger partial charge on any atom is 0.0996 e. The first kappa shape index (κ1) is 12.5. The van der Waals surface area contributed by atoms with Crippen LogP contribution in [-0.4, -0.2) is 31.3 Å². The van der Waals surface area contributed by atoms with Crippen molar-refractivity contribution in [2.24, 2.45) is 0 Å². The molecule has 1 aliphatic heterocycles. The minimum absolute atomic E-state index is 0.239. The summed E-state index contributed by atoms with van der Waals surface area (Å²) in [5.74, 6) is 0.424. The molecule has 3 rings (SSSR count). The number of fused-ring (bicyclic) bond motifs is 1. The second-order valence-corrected chi connectivity index (χ2v) is 6.52. The number of hydrogen-bond donors (Lipinski definition) is 1. The Morgan fingerprint density at radius 3 is 3.22 bits per heavy atom. The number of ether oxygens (including phenoxy) is 1. The Bertz CT molecular complexity index is 557. The molecule has 1 saturated heterocycles. The van der Waals surface area contributed by atoms with Crippen LogP contribution in [0, 0.1) is 0 Å². The number of nitrogens with one attached hydrogen (secondary N) is 1. The fraction of sp³-hybridized carbons (Fsp3) is 0.462. The number of halogens is 1. The van der Waals surface area contributed by atoms with Crippen LogP contribution < -0.4 is 5.32 Å². The standard InChI is InChI=1S/C13H15BrN2OS/c1-17-11-7-15-5-4-9(11)13-16-10-6-8(14)2-3-12(10)18-13/h2-3,6,9,11,15H,4-5,7H2,1H3. The molecule has 0 bridgehead atoms. The smallest absolute Gasteiger partial charge is 0.0996 e. The molecule has 18 heavy (non-hydrogen) atoms. The van der Waals surface area contributed by atoms with E-state index in [1.165, 1.54) is 9.71 Å². The zero-order valence-electron chi connectivity index (χ0n) is 10.1. The fourth-order valence-electron chi connectivity index (χ4n) is 2.44. The minimum atomic E-state index is 0.239. The maximum absolute atomic E-state index is 5.57. The second-order valence-electron chi connectivity index (χ2n) is 4.54. The molecule has 5 heteroatoms. The molecule has 2 atom stereocenters. The highest BCUT2D eigenvalue weighted by molar-refractivity contribution is 9.10. The van der Waals surface area contributed by atoms with Gasteiger partial charge in [0, 0.05) is 24.0 Å². The Morgan fingerprint density at radius 2 is 2.39 bits per heavy atom. The van der Waals surface area contributed by atoms with Gasteiger partial charge >= 0.3 is 0 Å². The third-order valence-electron chi connectivity index (χ3n) is 3.41. The van der Waals surface area contributed by atoms with Crippen LogP contribution in [0.1, 0.15) is 17.3 Å². The van der Waals surface area contributed by atoms with Crippen molar-refractivity contribution < 1.29 is 4.74 Å². The molecule has 2 heterocycles. The average molecular weight is 327 g/mol. The van der Waals surface area contributed by atoms with Crippen LogP contribution in [-0.2, 0) is 4.74 Å². The first-order valence-corrected chi connectivity index (χ1v) is 7.68. The fourth-order valence-corrected chi connectivity index (χ4v) is 3.92. The van der Waals surface area contributed by atoms with Crippen molar-refractivity contribution in [3.8, 4) is 0 Å². The van der Waals surface area contributed by atoms with Gasteiger partial charge in [-0.25, -0.2) is 4.98 Å². The van der Waals surface area contributed by atoms with E-state index in [4.69, 9.17) is 9.72 Å². The summed E-state index contributed by atoms with van der Waals surface area (Å²) in [5, 5.41) is 4.58. The summed E-state index contributed by atoms with van der Waals surface area (Å²) < 4.78 is 7.91. The number of aromatic nitrogens is 1. The van der Waals surface area contributed by atoms with Gasteiger partial charge in [-0.2, -0.15) is 0 Å². The van der Waals surface area contributed by atoms with E-state index in [1.54, 1.807) is 18.4 Å². The van der Waals surface area contributed by atoms with Crippen molar-refractivity contribution in [3.63, 3.8) is 0 Å². The van der Waals surface area contributed by atoms with E-state index in [0.717, 1.165) is 29.5 Å². The van der Waals surface area contributed by atoms with Gasteiger partial charge in [-0.3, -0.25) is 0 Å². The van der Waals surface area contributed by atoms with E-state index >= 15 is 0 Å². The predicted molar refractivity (Wildman–Crippen MR) is 78.3 cm³/mol. The molecule has 0 amide bonds. The van der Waals surface area contributed by atoms with Crippen LogP contribution in [0.3, 0.4) is 0 Å². The summed E-state index contributed by atoms with van der Waals surface area (Å²) >= 11 is 5.29. The molecular formula is C13H15BrN2OS.